The van der Waals surface area contributed by atoms with Crippen LogP contribution in [0.15, 0.2) is 42.5 Å². The maximum Gasteiger partial charge on any atom is 0.315 e. The summed E-state index contributed by atoms with van der Waals surface area (Å²) in [6.45, 7) is 4.17. The fourth-order valence-electron chi connectivity index (χ4n) is 2.75. The SMILES string of the molecule is CC(C)NS(=O)(=O)Cc1ccccc1CNC(=O)NCCc1ccc(Cl)cc1Cl. The van der Waals surface area contributed by atoms with Gasteiger partial charge in [-0.15, -0.1) is 0 Å². The van der Waals surface area contributed by atoms with Gasteiger partial charge in [0.1, 0.15) is 0 Å². The van der Waals surface area contributed by atoms with Crippen molar-refractivity contribution >= 4 is 39.3 Å². The summed E-state index contributed by atoms with van der Waals surface area (Å²) in [6.07, 6.45) is 0.569. The number of nitrogens with one attached hydrogen (secondary N) is 3. The van der Waals surface area contributed by atoms with Gasteiger partial charge in [0.25, 0.3) is 0 Å². The Morgan fingerprint density at radius 3 is 2.34 bits per heavy atom. The maximum absolute atomic E-state index is 12.2. The van der Waals surface area contributed by atoms with Crippen molar-refractivity contribution < 1.29 is 13.2 Å². The zero-order valence-corrected chi connectivity index (χ0v) is 18.7. The van der Waals surface area contributed by atoms with Gasteiger partial charge in [0, 0.05) is 29.2 Å². The molecule has 0 spiro atoms. The Balaban J connectivity index is 1.87. The molecule has 0 fully saturated rings. The third-order valence-corrected chi connectivity index (χ3v) is 6.12. The largest absolute Gasteiger partial charge is 0.338 e. The van der Waals surface area contributed by atoms with Crippen LogP contribution >= 0.6 is 23.2 Å². The second-order valence-electron chi connectivity index (χ2n) is 6.90. The number of hydrogen-bond donors (Lipinski definition) is 3. The molecule has 2 rings (SSSR count). The fraction of sp³-hybridized carbons (Fsp3) is 0.350. The molecule has 0 bridgehead atoms. The first-order valence-corrected chi connectivity index (χ1v) is 11.6. The number of amides is 2. The fourth-order valence-corrected chi connectivity index (χ4v) is 4.75. The highest BCUT2D eigenvalue weighted by Gasteiger charge is 2.15. The van der Waals surface area contributed by atoms with Crippen LogP contribution < -0.4 is 15.4 Å². The molecule has 0 atom stereocenters. The molecule has 0 aliphatic heterocycles. The number of carbonyl (C=O) groups is 1. The molecule has 0 saturated carbocycles. The molecular formula is C20H25Cl2N3O3S. The van der Waals surface area contributed by atoms with Crippen molar-refractivity contribution in [2.45, 2.75) is 38.6 Å². The summed E-state index contributed by atoms with van der Waals surface area (Å²) in [5.41, 5.74) is 2.29. The molecule has 2 aromatic carbocycles. The lowest BCUT2D eigenvalue weighted by atomic mass is 10.1. The Morgan fingerprint density at radius 2 is 1.69 bits per heavy atom. The molecule has 158 valence electrons. The van der Waals surface area contributed by atoms with Gasteiger partial charge in [-0.05, 0) is 49.1 Å². The number of rotatable bonds is 9. The Kier molecular flexibility index (Phi) is 8.77. The van der Waals surface area contributed by atoms with E-state index in [1.807, 2.05) is 12.1 Å². The Bertz CT molecular complexity index is 950. The van der Waals surface area contributed by atoms with Gasteiger partial charge in [-0.1, -0.05) is 53.5 Å². The molecule has 29 heavy (non-hydrogen) atoms. The first-order chi connectivity index (χ1) is 13.7. The normalized spacial score (nSPS) is 11.5. The number of urea groups is 1. The Labute approximate surface area is 182 Å². The van der Waals surface area contributed by atoms with Gasteiger partial charge >= 0.3 is 6.03 Å². The molecule has 0 radical (unpaired) electrons. The summed E-state index contributed by atoms with van der Waals surface area (Å²) in [4.78, 5) is 12.1. The van der Waals surface area contributed by atoms with Crippen molar-refractivity contribution in [1.29, 1.82) is 0 Å². The van der Waals surface area contributed by atoms with E-state index in [9.17, 15) is 13.2 Å². The quantitative estimate of drug-likeness (QED) is 0.533. The predicted octanol–water partition coefficient (Wildman–Crippen LogP) is 3.86. The third-order valence-electron chi connectivity index (χ3n) is 4.01. The molecule has 0 aliphatic carbocycles. The molecular weight excluding hydrogens is 433 g/mol. The van der Waals surface area contributed by atoms with Gasteiger partial charge in [-0.2, -0.15) is 0 Å². The van der Waals surface area contributed by atoms with Crippen molar-refractivity contribution in [2.75, 3.05) is 6.54 Å². The smallest absolute Gasteiger partial charge is 0.315 e. The monoisotopic (exact) mass is 457 g/mol. The van der Waals surface area contributed by atoms with E-state index in [0.717, 1.165) is 11.1 Å². The zero-order valence-electron chi connectivity index (χ0n) is 16.3. The van der Waals surface area contributed by atoms with Crippen molar-refractivity contribution in [1.82, 2.24) is 15.4 Å². The molecule has 0 aliphatic rings. The van der Waals surface area contributed by atoms with Crippen LogP contribution in [0.5, 0.6) is 0 Å². The number of sulfonamides is 1. The van der Waals surface area contributed by atoms with E-state index in [1.165, 1.54) is 0 Å². The molecule has 0 saturated heterocycles. The summed E-state index contributed by atoms with van der Waals surface area (Å²) >= 11 is 12.0. The first-order valence-electron chi connectivity index (χ1n) is 9.18. The molecule has 2 amide bonds. The van der Waals surface area contributed by atoms with Gasteiger partial charge < -0.3 is 10.6 Å². The van der Waals surface area contributed by atoms with Gasteiger partial charge in [-0.3, -0.25) is 0 Å². The molecule has 0 unspecified atom stereocenters. The number of halogens is 2. The summed E-state index contributed by atoms with van der Waals surface area (Å²) in [5.74, 6) is -0.139. The minimum atomic E-state index is -3.45. The Morgan fingerprint density at radius 1 is 1.00 bits per heavy atom. The molecule has 0 aromatic heterocycles. The highest BCUT2D eigenvalue weighted by Crippen LogP contribution is 2.21. The second-order valence-corrected chi connectivity index (χ2v) is 9.49. The van der Waals surface area contributed by atoms with Crippen LogP contribution in [0.25, 0.3) is 0 Å². The number of hydrogen-bond acceptors (Lipinski definition) is 3. The van der Waals surface area contributed by atoms with Crippen LogP contribution in [-0.4, -0.2) is 27.0 Å². The van der Waals surface area contributed by atoms with Gasteiger partial charge in [-0.25, -0.2) is 17.9 Å². The van der Waals surface area contributed by atoms with E-state index in [0.29, 0.717) is 28.6 Å². The standard InChI is InChI=1S/C20H25Cl2N3O3S/c1-14(2)25-29(27,28)13-17-6-4-3-5-16(17)12-24-20(26)23-10-9-15-7-8-18(21)11-19(15)22/h3-8,11,14,25H,9-10,12-13H2,1-2H3,(H2,23,24,26). The minimum absolute atomic E-state index is 0.139. The molecule has 6 nitrogen and oxygen atoms in total. The Hall–Kier alpha value is -1.80. The van der Waals surface area contributed by atoms with Crippen molar-refractivity contribution in [3.63, 3.8) is 0 Å². The van der Waals surface area contributed by atoms with E-state index < -0.39 is 10.0 Å². The van der Waals surface area contributed by atoms with Gasteiger partial charge in [0.15, 0.2) is 0 Å². The minimum Gasteiger partial charge on any atom is -0.338 e. The molecule has 9 heteroatoms. The second kappa shape index (κ2) is 10.8. The van der Waals surface area contributed by atoms with Crippen LogP contribution in [0.1, 0.15) is 30.5 Å². The lowest BCUT2D eigenvalue weighted by Crippen LogP contribution is -2.36. The molecule has 3 N–H and O–H groups in total. The van der Waals surface area contributed by atoms with Crippen LogP contribution in [0.2, 0.25) is 10.0 Å². The third kappa shape index (κ3) is 8.22. The summed E-state index contributed by atoms with van der Waals surface area (Å²) in [5, 5.41) is 6.64. The van der Waals surface area contributed by atoms with E-state index in [2.05, 4.69) is 15.4 Å². The maximum atomic E-state index is 12.2. The number of carbonyl (C=O) groups excluding carboxylic acids is 1. The first kappa shape index (κ1) is 23.5. The molecule has 2 aromatic rings. The lowest BCUT2D eigenvalue weighted by Gasteiger charge is -2.14. The lowest BCUT2D eigenvalue weighted by molar-refractivity contribution is 0.240. The number of benzene rings is 2. The van der Waals surface area contributed by atoms with Gasteiger partial charge in [0.05, 0.1) is 5.75 Å². The average Bonchev–Trinajstić information content (AvgIpc) is 2.61. The van der Waals surface area contributed by atoms with Crippen LogP contribution in [0, 0.1) is 0 Å². The van der Waals surface area contributed by atoms with Gasteiger partial charge in [0.2, 0.25) is 10.0 Å². The molecule has 0 heterocycles. The van der Waals surface area contributed by atoms with Crippen LogP contribution in [-0.2, 0) is 28.7 Å². The zero-order chi connectivity index (χ0) is 21.4. The van der Waals surface area contributed by atoms with Crippen molar-refractivity contribution in [3.8, 4) is 0 Å². The summed E-state index contributed by atoms with van der Waals surface area (Å²) in [6, 6.07) is 11.9. The van der Waals surface area contributed by atoms with Crippen LogP contribution in [0.3, 0.4) is 0 Å². The highest BCUT2D eigenvalue weighted by molar-refractivity contribution is 7.88. The predicted molar refractivity (Wildman–Crippen MR) is 118 cm³/mol. The summed E-state index contributed by atoms with van der Waals surface area (Å²) < 4.78 is 27.0. The van der Waals surface area contributed by atoms with E-state index in [-0.39, 0.29) is 24.4 Å². The van der Waals surface area contributed by atoms with E-state index in [4.69, 9.17) is 23.2 Å². The van der Waals surface area contributed by atoms with E-state index in [1.54, 1.807) is 44.2 Å². The van der Waals surface area contributed by atoms with Crippen molar-refractivity contribution in [2.24, 2.45) is 0 Å². The average molecular weight is 458 g/mol. The van der Waals surface area contributed by atoms with E-state index >= 15 is 0 Å². The summed E-state index contributed by atoms with van der Waals surface area (Å²) in [7, 11) is -3.45. The van der Waals surface area contributed by atoms with Crippen LogP contribution in [0.4, 0.5) is 4.79 Å². The topological polar surface area (TPSA) is 87.3 Å². The highest BCUT2D eigenvalue weighted by atomic mass is 35.5. The van der Waals surface area contributed by atoms with Crippen molar-refractivity contribution in [3.05, 3.63) is 69.2 Å².